The molecule has 17 heavy (non-hydrogen) atoms. The zero-order valence-electron chi connectivity index (χ0n) is 9.19. The lowest BCUT2D eigenvalue weighted by Crippen LogP contribution is -2.05. The fourth-order valence-corrected chi connectivity index (χ4v) is 1.25. The maximum atomic E-state index is 12.1. The molecule has 92 valence electrons. The molecule has 0 bridgehead atoms. The number of halogens is 2. The highest BCUT2D eigenvalue weighted by molar-refractivity contribution is 5.44. The maximum absolute atomic E-state index is 12.1. The summed E-state index contributed by atoms with van der Waals surface area (Å²) in [6, 6.07) is 4.07. The van der Waals surface area contributed by atoms with Crippen LogP contribution in [0.1, 0.15) is 18.6 Å². The van der Waals surface area contributed by atoms with Gasteiger partial charge in [-0.2, -0.15) is 8.78 Å². The van der Waals surface area contributed by atoms with Gasteiger partial charge in [-0.3, -0.25) is 0 Å². The van der Waals surface area contributed by atoms with Gasteiger partial charge in [-0.15, -0.1) is 6.42 Å². The van der Waals surface area contributed by atoms with E-state index in [0.717, 1.165) is 0 Å². The van der Waals surface area contributed by atoms with Crippen LogP contribution in [0.3, 0.4) is 0 Å². The highest BCUT2D eigenvalue weighted by Crippen LogP contribution is 2.31. The third kappa shape index (κ3) is 3.61. The molecule has 0 radical (unpaired) electrons. The molecule has 0 heterocycles. The highest BCUT2D eigenvalue weighted by Gasteiger charge is 2.13. The van der Waals surface area contributed by atoms with E-state index in [1.54, 1.807) is 6.92 Å². The molecule has 0 aliphatic carbocycles. The normalized spacial score (nSPS) is 12.0. The predicted molar refractivity (Wildman–Crippen MR) is 58.0 cm³/mol. The van der Waals surface area contributed by atoms with E-state index in [0.29, 0.717) is 5.56 Å². The predicted octanol–water partition coefficient (Wildman–Crippen LogP) is 2.35. The van der Waals surface area contributed by atoms with E-state index >= 15 is 0 Å². The van der Waals surface area contributed by atoms with Gasteiger partial charge in [0.15, 0.2) is 11.5 Å². The van der Waals surface area contributed by atoms with Gasteiger partial charge >= 0.3 is 6.61 Å². The van der Waals surface area contributed by atoms with Crippen molar-refractivity contribution in [2.24, 2.45) is 0 Å². The van der Waals surface area contributed by atoms with Crippen LogP contribution in [0.25, 0.3) is 0 Å². The number of alkyl halides is 2. The second kappa shape index (κ2) is 6.06. The van der Waals surface area contributed by atoms with Crippen LogP contribution in [0.2, 0.25) is 0 Å². The number of hydrogen-bond acceptors (Lipinski definition) is 3. The first kappa shape index (κ1) is 13.3. The number of ether oxygens (including phenoxy) is 2. The smallest absolute Gasteiger partial charge is 0.387 e. The number of aliphatic hydroxyl groups excluding tert-OH is 1. The third-order valence-electron chi connectivity index (χ3n) is 1.96. The number of benzene rings is 1. The molecule has 1 aromatic carbocycles. The van der Waals surface area contributed by atoms with Gasteiger partial charge in [0.2, 0.25) is 0 Å². The molecular formula is C12H12F2O3. The Kier molecular flexibility index (Phi) is 4.73. The van der Waals surface area contributed by atoms with Crippen molar-refractivity contribution < 1.29 is 23.4 Å². The van der Waals surface area contributed by atoms with E-state index in [-0.39, 0.29) is 18.1 Å². The summed E-state index contributed by atoms with van der Waals surface area (Å²) in [4.78, 5) is 0. The lowest BCUT2D eigenvalue weighted by atomic mass is 10.1. The topological polar surface area (TPSA) is 38.7 Å². The van der Waals surface area contributed by atoms with E-state index in [1.165, 1.54) is 18.2 Å². The number of terminal acetylenes is 1. The number of rotatable bonds is 5. The van der Waals surface area contributed by atoms with Gasteiger partial charge in [-0.1, -0.05) is 12.0 Å². The second-order valence-corrected chi connectivity index (χ2v) is 3.09. The Hall–Kier alpha value is -1.80. The molecule has 0 saturated heterocycles. The lowest BCUT2D eigenvalue weighted by Gasteiger charge is -2.13. The molecule has 0 aromatic heterocycles. The van der Waals surface area contributed by atoms with E-state index in [4.69, 9.17) is 11.2 Å². The van der Waals surface area contributed by atoms with Crippen molar-refractivity contribution in [2.75, 3.05) is 6.61 Å². The van der Waals surface area contributed by atoms with Crippen LogP contribution in [-0.2, 0) is 0 Å². The summed E-state index contributed by atoms with van der Waals surface area (Å²) in [5.74, 6) is 2.16. The minimum absolute atomic E-state index is 0.0881. The molecule has 0 amide bonds. The SMILES string of the molecule is C#CC(O)c1ccc(OC(F)F)c(OCC)c1. The van der Waals surface area contributed by atoms with Crippen LogP contribution < -0.4 is 9.47 Å². The van der Waals surface area contributed by atoms with E-state index in [1.807, 2.05) is 0 Å². The Morgan fingerprint density at radius 2 is 2.12 bits per heavy atom. The molecule has 0 aliphatic heterocycles. The summed E-state index contributed by atoms with van der Waals surface area (Å²) in [7, 11) is 0. The molecule has 1 unspecified atom stereocenters. The maximum Gasteiger partial charge on any atom is 0.387 e. The highest BCUT2D eigenvalue weighted by atomic mass is 19.3. The van der Waals surface area contributed by atoms with Crippen molar-refractivity contribution in [1.29, 1.82) is 0 Å². The summed E-state index contributed by atoms with van der Waals surface area (Å²) >= 11 is 0. The third-order valence-corrected chi connectivity index (χ3v) is 1.96. The van der Waals surface area contributed by atoms with E-state index in [2.05, 4.69) is 10.7 Å². The van der Waals surface area contributed by atoms with Crippen LogP contribution in [0, 0.1) is 12.3 Å². The average molecular weight is 242 g/mol. The van der Waals surface area contributed by atoms with Crippen LogP contribution in [-0.4, -0.2) is 18.3 Å². The lowest BCUT2D eigenvalue weighted by molar-refractivity contribution is -0.0514. The Morgan fingerprint density at radius 1 is 1.41 bits per heavy atom. The van der Waals surface area contributed by atoms with Gasteiger partial charge < -0.3 is 14.6 Å². The second-order valence-electron chi connectivity index (χ2n) is 3.09. The molecule has 1 N–H and O–H groups in total. The van der Waals surface area contributed by atoms with Crippen molar-refractivity contribution in [3.63, 3.8) is 0 Å². The first-order valence-electron chi connectivity index (χ1n) is 4.94. The van der Waals surface area contributed by atoms with Gasteiger partial charge in [-0.05, 0) is 24.6 Å². The van der Waals surface area contributed by atoms with Crippen molar-refractivity contribution >= 4 is 0 Å². The minimum Gasteiger partial charge on any atom is -0.490 e. The summed E-state index contributed by atoms with van der Waals surface area (Å²) in [6.07, 6.45) is 3.95. The van der Waals surface area contributed by atoms with Gasteiger partial charge in [0.05, 0.1) is 6.61 Å². The Morgan fingerprint density at radius 3 is 2.65 bits per heavy atom. The van der Waals surface area contributed by atoms with Crippen molar-refractivity contribution in [1.82, 2.24) is 0 Å². The molecule has 1 atom stereocenters. The van der Waals surface area contributed by atoms with Crippen LogP contribution in [0.4, 0.5) is 8.78 Å². The molecule has 1 rings (SSSR count). The summed E-state index contributed by atoms with van der Waals surface area (Å²) in [5, 5.41) is 9.41. The fraction of sp³-hybridized carbons (Fsp3) is 0.333. The summed E-state index contributed by atoms with van der Waals surface area (Å²) in [6.45, 7) is -0.941. The van der Waals surface area contributed by atoms with Crippen molar-refractivity contribution in [3.8, 4) is 23.8 Å². The van der Waals surface area contributed by atoms with Gasteiger partial charge in [0, 0.05) is 0 Å². The van der Waals surface area contributed by atoms with Crippen molar-refractivity contribution in [3.05, 3.63) is 23.8 Å². The molecule has 5 heteroatoms. The van der Waals surface area contributed by atoms with Gasteiger partial charge in [-0.25, -0.2) is 0 Å². The largest absolute Gasteiger partial charge is 0.490 e. The molecule has 3 nitrogen and oxygen atoms in total. The molecule has 0 saturated carbocycles. The zero-order chi connectivity index (χ0) is 12.8. The molecule has 0 fully saturated rings. The number of aliphatic hydroxyl groups is 1. The fourth-order valence-electron chi connectivity index (χ4n) is 1.25. The molecule has 0 aliphatic rings. The number of hydrogen-bond donors (Lipinski definition) is 1. The van der Waals surface area contributed by atoms with E-state index in [9.17, 15) is 13.9 Å². The van der Waals surface area contributed by atoms with Crippen LogP contribution in [0.5, 0.6) is 11.5 Å². The zero-order valence-corrected chi connectivity index (χ0v) is 9.19. The molecule has 0 spiro atoms. The molecular weight excluding hydrogens is 230 g/mol. The average Bonchev–Trinajstić information content (AvgIpc) is 2.30. The van der Waals surface area contributed by atoms with Gasteiger partial charge in [0.1, 0.15) is 6.10 Å². The molecule has 1 aromatic rings. The van der Waals surface area contributed by atoms with E-state index < -0.39 is 12.7 Å². The minimum atomic E-state index is -2.93. The first-order valence-corrected chi connectivity index (χ1v) is 4.94. The van der Waals surface area contributed by atoms with Crippen molar-refractivity contribution in [2.45, 2.75) is 19.6 Å². The summed E-state index contributed by atoms with van der Waals surface area (Å²) in [5.41, 5.74) is 0.387. The Bertz CT molecular complexity index is 413. The monoisotopic (exact) mass is 242 g/mol. The van der Waals surface area contributed by atoms with Crippen LogP contribution >= 0.6 is 0 Å². The van der Waals surface area contributed by atoms with Crippen LogP contribution in [0.15, 0.2) is 18.2 Å². The Labute approximate surface area is 98.0 Å². The quantitative estimate of drug-likeness (QED) is 0.805. The Balaban J connectivity index is 3.04. The first-order chi connectivity index (χ1) is 8.08. The summed E-state index contributed by atoms with van der Waals surface area (Å²) < 4.78 is 33.6. The standard InChI is InChI=1S/C12H12F2O3/c1-3-9(15)8-5-6-10(17-12(13)14)11(7-8)16-4-2/h1,5-7,9,12,15H,4H2,2H3. The van der Waals surface area contributed by atoms with Gasteiger partial charge in [0.25, 0.3) is 0 Å².